The molecule has 1 aliphatic carbocycles. The minimum absolute atomic E-state index is 0.362. The van der Waals surface area contributed by atoms with Crippen LogP contribution in [0.3, 0.4) is 0 Å². The molecule has 0 amide bonds. The van der Waals surface area contributed by atoms with E-state index in [1.54, 1.807) is 0 Å². The van der Waals surface area contributed by atoms with Gasteiger partial charge >= 0.3 is 0 Å². The van der Waals surface area contributed by atoms with Crippen molar-refractivity contribution in [2.45, 2.75) is 49.0 Å². The largest absolute Gasteiger partial charge is 0.149 e. The second-order valence-electron chi connectivity index (χ2n) is 12.0. The zero-order valence-corrected chi connectivity index (χ0v) is 27.0. The van der Waals surface area contributed by atoms with E-state index in [0.717, 1.165) is 12.8 Å². The molecule has 0 saturated carbocycles. The first kappa shape index (κ1) is 29.3. The molecule has 0 N–H and O–H groups in total. The molecule has 6 aromatic rings. The molecule has 0 unspecified atom stereocenters. The van der Waals surface area contributed by atoms with Crippen molar-refractivity contribution in [3.8, 4) is 0 Å². The van der Waals surface area contributed by atoms with Crippen LogP contribution in [0.2, 0.25) is 0 Å². The molecule has 0 atom stereocenters. The van der Waals surface area contributed by atoms with Gasteiger partial charge in [-0.15, -0.1) is 23.5 Å². The predicted molar refractivity (Wildman–Crippen MR) is 195 cm³/mol. The van der Waals surface area contributed by atoms with Gasteiger partial charge in [-0.3, -0.25) is 0 Å². The van der Waals surface area contributed by atoms with E-state index in [2.05, 4.69) is 157 Å². The number of thioether (sulfide) groups is 2. The zero-order chi connectivity index (χ0) is 29.6. The van der Waals surface area contributed by atoms with E-state index >= 15 is 0 Å². The van der Waals surface area contributed by atoms with Gasteiger partial charge in [-0.2, -0.15) is 0 Å². The molecule has 0 heterocycles. The van der Waals surface area contributed by atoms with Crippen LogP contribution >= 0.6 is 23.5 Å². The molecular weight excluding hydrogens is 569 g/mol. The van der Waals surface area contributed by atoms with Crippen molar-refractivity contribution in [3.05, 3.63) is 167 Å². The summed E-state index contributed by atoms with van der Waals surface area (Å²) in [5.74, 6) is 2.35. The van der Waals surface area contributed by atoms with E-state index in [-0.39, 0.29) is 0 Å². The van der Waals surface area contributed by atoms with Crippen LogP contribution in [0, 0.1) is 0 Å². The zero-order valence-electron chi connectivity index (χ0n) is 25.3. The molecule has 0 saturated heterocycles. The summed E-state index contributed by atoms with van der Waals surface area (Å²) >= 11 is 4.31. The average molecular weight is 609 g/mol. The van der Waals surface area contributed by atoms with Crippen LogP contribution in [0.1, 0.15) is 69.6 Å². The molecule has 2 heteroatoms. The second kappa shape index (κ2) is 14.1. The van der Waals surface area contributed by atoms with Crippen molar-refractivity contribution in [2.24, 2.45) is 0 Å². The van der Waals surface area contributed by atoms with E-state index in [9.17, 15) is 0 Å². The molecule has 0 radical (unpaired) electrons. The fraction of sp³-hybridized carbons (Fsp3) is 0.238. The van der Waals surface area contributed by atoms with E-state index in [1.165, 1.54) is 92.1 Å². The highest BCUT2D eigenvalue weighted by Crippen LogP contribution is 2.54. The SMILES string of the molecule is c1ccc(CCCCSC2c3cc4ccccc4cc3C(SCCCCc3ccccc3)c3cc4ccccc4cc32)cc1. The molecular formula is C42H40S2. The number of hydrogen-bond acceptors (Lipinski definition) is 2. The predicted octanol–water partition coefficient (Wildman–Crippen LogP) is 12.0. The Morgan fingerprint density at radius 3 is 1.02 bits per heavy atom. The number of aryl methyl sites for hydroxylation is 2. The lowest BCUT2D eigenvalue weighted by molar-refractivity contribution is 0.799. The minimum Gasteiger partial charge on any atom is -0.149 e. The molecule has 44 heavy (non-hydrogen) atoms. The molecule has 0 spiro atoms. The lowest BCUT2D eigenvalue weighted by Crippen LogP contribution is -2.16. The van der Waals surface area contributed by atoms with Crippen molar-refractivity contribution in [1.29, 1.82) is 0 Å². The van der Waals surface area contributed by atoms with Gasteiger partial charge in [0.15, 0.2) is 0 Å². The van der Waals surface area contributed by atoms with Crippen LogP contribution in [0.25, 0.3) is 21.5 Å². The first-order valence-electron chi connectivity index (χ1n) is 16.2. The number of unbranched alkanes of at least 4 members (excludes halogenated alkanes) is 2. The second-order valence-corrected chi connectivity index (χ2v) is 14.5. The van der Waals surface area contributed by atoms with Crippen molar-refractivity contribution < 1.29 is 0 Å². The molecule has 0 aromatic heterocycles. The van der Waals surface area contributed by atoms with Crippen molar-refractivity contribution in [3.63, 3.8) is 0 Å². The van der Waals surface area contributed by atoms with Crippen molar-refractivity contribution >= 4 is 45.1 Å². The lowest BCUT2D eigenvalue weighted by atomic mass is 9.82. The average Bonchev–Trinajstić information content (AvgIpc) is 3.08. The summed E-state index contributed by atoms with van der Waals surface area (Å²) in [6.45, 7) is 0. The summed E-state index contributed by atoms with van der Waals surface area (Å²) in [4.78, 5) is 0. The Balaban J connectivity index is 1.17. The Labute approximate surface area is 271 Å². The van der Waals surface area contributed by atoms with Gasteiger partial charge in [0, 0.05) is 0 Å². The van der Waals surface area contributed by atoms with Gasteiger partial charge in [-0.25, -0.2) is 0 Å². The third kappa shape index (κ3) is 6.63. The maximum absolute atomic E-state index is 2.52. The quantitative estimate of drug-likeness (QED) is 0.127. The summed E-state index contributed by atoms with van der Waals surface area (Å²) in [5.41, 5.74) is 9.02. The van der Waals surface area contributed by atoms with Gasteiger partial charge < -0.3 is 0 Å². The van der Waals surface area contributed by atoms with Gasteiger partial charge in [-0.05, 0) is 129 Å². The maximum Gasteiger partial charge on any atom is 0.0553 e. The molecule has 0 fully saturated rings. The third-order valence-corrected chi connectivity index (χ3v) is 11.7. The van der Waals surface area contributed by atoms with Gasteiger partial charge in [0.1, 0.15) is 0 Å². The standard InChI is InChI=1S/C42H40S2/c1-3-15-31(16-4-1)19-11-13-25-43-41-37-27-33-21-7-9-23-35(33)29-39(37)42(44-26-14-12-20-32-17-5-2-6-18-32)40-30-36-24-10-8-22-34(36)28-38(40)41/h1-10,15-18,21-24,27-30,41-42H,11-14,19-20,25-26H2. The van der Waals surface area contributed by atoms with Crippen molar-refractivity contribution in [2.75, 3.05) is 11.5 Å². The Morgan fingerprint density at radius 2 is 0.682 bits per heavy atom. The first-order valence-corrected chi connectivity index (χ1v) is 18.3. The summed E-state index contributed by atoms with van der Waals surface area (Å²) in [5, 5.41) is 6.16. The Hall–Kier alpha value is -3.46. The van der Waals surface area contributed by atoms with Gasteiger partial charge in [-0.1, -0.05) is 109 Å². The van der Waals surface area contributed by atoms with Crippen LogP contribution < -0.4 is 0 Å². The summed E-state index contributed by atoms with van der Waals surface area (Å²) < 4.78 is 0. The van der Waals surface area contributed by atoms with Gasteiger partial charge in [0.05, 0.1) is 10.5 Å². The van der Waals surface area contributed by atoms with E-state index in [1.807, 2.05) is 0 Å². The monoisotopic (exact) mass is 608 g/mol. The Kier molecular flexibility index (Phi) is 9.38. The lowest BCUT2D eigenvalue weighted by Gasteiger charge is -2.35. The minimum atomic E-state index is 0.362. The Bertz CT molecular complexity index is 1600. The number of benzene rings is 6. The smallest absolute Gasteiger partial charge is 0.0553 e. The molecule has 0 nitrogen and oxygen atoms in total. The number of rotatable bonds is 12. The number of hydrogen-bond donors (Lipinski definition) is 0. The Morgan fingerprint density at radius 1 is 0.364 bits per heavy atom. The molecule has 0 bridgehead atoms. The summed E-state index contributed by atoms with van der Waals surface area (Å²) in [6, 6.07) is 49.9. The summed E-state index contributed by atoms with van der Waals surface area (Å²) in [7, 11) is 0. The highest BCUT2D eigenvalue weighted by atomic mass is 32.2. The van der Waals surface area contributed by atoms with Crippen LogP contribution in [0.15, 0.2) is 133 Å². The molecule has 7 rings (SSSR count). The molecule has 1 aliphatic rings. The highest BCUT2D eigenvalue weighted by molar-refractivity contribution is 8.00. The van der Waals surface area contributed by atoms with Gasteiger partial charge in [0.2, 0.25) is 0 Å². The maximum atomic E-state index is 2.52. The normalized spacial score (nSPS) is 15.7. The van der Waals surface area contributed by atoms with Crippen molar-refractivity contribution in [1.82, 2.24) is 0 Å². The first-order chi connectivity index (χ1) is 21.8. The molecule has 0 aliphatic heterocycles. The van der Waals surface area contributed by atoms with Crippen LogP contribution in [-0.4, -0.2) is 11.5 Å². The fourth-order valence-electron chi connectivity index (χ4n) is 6.71. The van der Waals surface area contributed by atoms with E-state index in [0.29, 0.717) is 10.5 Å². The van der Waals surface area contributed by atoms with E-state index in [4.69, 9.17) is 0 Å². The number of fused-ring (bicyclic) bond motifs is 4. The van der Waals surface area contributed by atoms with E-state index < -0.39 is 0 Å². The van der Waals surface area contributed by atoms with Crippen LogP contribution in [-0.2, 0) is 12.8 Å². The van der Waals surface area contributed by atoms with Gasteiger partial charge in [0.25, 0.3) is 0 Å². The molecule has 6 aromatic carbocycles. The summed E-state index contributed by atoms with van der Waals surface area (Å²) in [6.07, 6.45) is 7.28. The third-order valence-electron chi connectivity index (χ3n) is 9.01. The topological polar surface area (TPSA) is 0 Å². The van der Waals surface area contributed by atoms with Crippen LogP contribution in [0.4, 0.5) is 0 Å². The fourth-order valence-corrected chi connectivity index (χ4v) is 9.46. The highest BCUT2D eigenvalue weighted by Gasteiger charge is 2.33. The molecule has 220 valence electrons. The van der Waals surface area contributed by atoms with Crippen LogP contribution in [0.5, 0.6) is 0 Å².